The molecule has 1 aromatic carbocycles. The topological polar surface area (TPSA) is 73.0 Å². The SMILES string of the molecule is C[C@@H](Sc1nnc(-c2ccco2)n1Cc1ccccc1)C(=O)NC1CCCCCC1. The van der Waals surface area contributed by atoms with Crippen LogP contribution in [0.1, 0.15) is 51.0 Å². The number of carbonyl (C=O) groups excluding carboxylic acids is 1. The Bertz CT molecular complexity index is 932. The average molecular weight is 425 g/mol. The van der Waals surface area contributed by atoms with Gasteiger partial charge in [-0.3, -0.25) is 9.36 Å². The van der Waals surface area contributed by atoms with Crippen molar-refractivity contribution in [2.24, 2.45) is 0 Å². The second kappa shape index (κ2) is 9.98. The molecule has 0 aliphatic heterocycles. The molecule has 30 heavy (non-hydrogen) atoms. The van der Waals surface area contributed by atoms with Crippen LogP contribution in [0.25, 0.3) is 11.6 Å². The number of nitrogens with zero attached hydrogens (tertiary/aromatic N) is 3. The van der Waals surface area contributed by atoms with Crippen molar-refractivity contribution in [3.05, 3.63) is 54.3 Å². The average Bonchev–Trinajstić information content (AvgIpc) is 3.34. The van der Waals surface area contributed by atoms with Crippen molar-refractivity contribution in [3.8, 4) is 11.6 Å². The van der Waals surface area contributed by atoms with Gasteiger partial charge in [0.05, 0.1) is 18.1 Å². The highest BCUT2D eigenvalue weighted by molar-refractivity contribution is 8.00. The number of hydrogen-bond donors (Lipinski definition) is 1. The fourth-order valence-corrected chi connectivity index (χ4v) is 4.68. The lowest BCUT2D eigenvalue weighted by Gasteiger charge is -2.19. The summed E-state index contributed by atoms with van der Waals surface area (Å²) in [4.78, 5) is 12.8. The summed E-state index contributed by atoms with van der Waals surface area (Å²) in [6, 6.07) is 14.2. The standard InChI is InChI=1S/C23H28N4O2S/c1-17(22(28)24-19-12-7-2-3-8-13-19)30-23-26-25-21(20-14-9-15-29-20)27(23)16-18-10-5-4-6-11-18/h4-6,9-11,14-15,17,19H,2-3,7-8,12-13,16H2,1H3,(H,24,28)/t17-/m1/s1. The molecule has 158 valence electrons. The van der Waals surface area contributed by atoms with E-state index in [9.17, 15) is 4.79 Å². The van der Waals surface area contributed by atoms with Gasteiger partial charge in [-0.05, 0) is 37.5 Å². The zero-order valence-corrected chi connectivity index (χ0v) is 18.1. The van der Waals surface area contributed by atoms with Gasteiger partial charge in [0.2, 0.25) is 11.7 Å². The summed E-state index contributed by atoms with van der Waals surface area (Å²) in [5.41, 5.74) is 1.14. The number of amides is 1. The second-order valence-corrected chi connectivity index (χ2v) is 9.12. The van der Waals surface area contributed by atoms with Gasteiger partial charge >= 0.3 is 0 Å². The van der Waals surface area contributed by atoms with Crippen molar-refractivity contribution in [2.45, 2.75) is 68.4 Å². The summed E-state index contributed by atoms with van der Waals surface area (Å²) in [7, 11) is 0. The lowest BCUT2D eigenvalue weighted by Crippen LogP contribution is -2.39. The first-order chi connectivity index (χ1) is 14.7. The maximum Gasteiger partial charge on any atom is 0.233 e. The van der Waals surface area contributed by atoms with Crippen LogP contribution in [0.15, 0.2) is 58.3 Å². The lowest BCUT2D eigenvalue weighted by molar-refractivity contribution is -0.121. The molecule has 3 aromatic rings. The summed E-state index contributed by atoms with van der Waals surface area (Å²) >= 11 is 1.45. The smallest absolute Gasteiger partial charge is 0.233 e. The summed E-state index contributed by atoms with van der Waals surface area (Å²) in [6.45, 7) is 2.55. The minimum absolute atomic E-state index is 0.0701. The van der Waals surface area contributed by atoms with Gasteiger partial charge in [0.25, 0.3) is 0 Å². The van der Waals surface area contributed by atoms with E-state index in [1.807, 2.05) is 41.8 Å². The molecule has 0 unspecified atom stereocenters. The molecule has 7 heteroatoms. The highest BCUT2D eigenvalue weighted by Crippen LogP contribution is 2.28. The van der Waals surface area contributed by atoms with E-state index in [0.29, 0.717) is 29.3 Å². The van der Waals surface area contributed by atoms with Crippen molar-refractivity contribution in [1.29, 1.82) is 0 Å². The second-order valence-electron chi connectivity index (χ2n) is 7.81. The van der Waals surface area contributed by atoms with E-state index >= 15 is 0 Å². The summed E-state index contributed by atoms with van der Waals surface area (Å²) < 4.78 is 7.59. The molecule has 1 amide bonds. The zero-order chi connectivity index (χ0) is 20.8. The van der Waals surface area contributed by atoms with E-state index in [4.69, 9.17) is 4.42 Å². The largest absolute Gasteiger partial charge is 0.461 e. The van der Waals surface area contributed by atoms with E-state index in [0.717, 1.165) is 18.4 Å². The monoisotopic (exact) mass is 424 g/mol. The van der Waals surface area contributed by atoms with E-state index in [2.05, 4.69) is 27.6 Å². The molecule has 6 nitrogen and oxygen atoms in total. The fourth-order valence-electron chi connectivity index (χ4n) is 3.83. The van der Waals surface area contributed by atoms with Crippen molar-refractivity contribution in [2.75, 3.05) is 0 Å². The predicted octanol–water partition coefficient (Wildman–Crippen LogP) is 4.91. The molecule has 1 fully saturated rings. The highest BCUT2D eigenvalue weighted by Gasteiger charge is 2.24. The third-order valence-corrected chi connectivity index (χ3v) is 6.58. The molecule has 1 saturated carbocycles. The van der Waals surface area contributed by atoms with Gasteiger partial charge in [0.15, 0.2) is 10.9 Å². The Morgan fingerprint density at radius 1 is 1.13 bits per heavy atom. The van der Waals surface area contributed by atoms with E-state index in [-0.39, 0.29) is 11.2 Å². The summed E-state index contributed by atoms with van der Waals surface area (Å²) in [6.07, 6.45) is 8.73. The van der Waals surface area contributed by atoms with Crippen molar-refractivity contribution >= 4 is 17.7 Å². The normalized spacial score (nSPS) is 16.2. The number of furan rings is 1. The van der Waals surface area contributed by atoms with Gasteiger partial charge in [-0.15, -0.1) is 10.2 Å². The number of benzene rings is 1. The molecule has 1 aliphatic rings. The van der Waals surface area contributed by atoms with Crippen LogP contribution in [-0.2, 0) is 11.3 Å². The first-order valence-corrected chi connectivity index (χ1v) is 11.6. The van der Waals surface area contributed by atoms with Gasteiger partial charge in [-0.25, -0.2) is 0 Å². The van der Waals surface area contributed by atoms with Crippen LogP contribution < -0.4 is 5.32 Å². The zero-order valence-electron chi connectivity index (χ0n) is 17.3. The molecule has 0 spiro atoms. The highest BCUT2D eigenvalue weighted by atomic mass is 32.2. The van der Waals surface area contributed by atoms with Crippen LogP contribution in [0, 0.1) is 0 Å². The molecule has 0 radical (unpaired) electrons. The molecule has 1 atom stereocenters. The number of rotatable bonds is 7. The Kier molecular flexibility index (Phi) is 6.89. The Morgan fingerprint density at radius 3 is 2.60 bits per heavy atom. The van der Waals surface area contributed by atoms with E-state index in [1.54, 1.807) is 6.26 Å². The van der Waals surface area contributed by atoms with Crippen molar-refractivity contribution in [3.63, 3.8) is 0 Å². The maximum atomic E-state index is 12.8. The van der Waals surface area contributed by atoms with Gasteiger partial charge in [0, 0.05) is 6.04 Å². The molecule has 1 N–H and O–H groups in total. The summed E-state index contributed by atoms with van der Waals surface area (Å²) in [5, 5.41) is 12.5. The van der Waals surface area contributed by atoms with Gasteiger partial charge in [0.1, 0.15) is 0 Å². The van der Waals surface area contributed by atoms with Crippen LogP contribution in [0.3, 0.4) is 0 Å². The van der Waals surface area contributed by atoms with Gasteiger partial charge in [-0.1, -0.05) is 67.8 Å². The number of nitrogens with one attached hydrogen (secondary N) is 1. The van der Waals surface area contributed by atoms with Gasteiger partial charge in [-0.2, -0.15) is 0 Å². The number of carbonyl (C=O) groups is 1. The molecule has 2 aromatic heterocycles. The molecule has 1 aliphatic carbocycles. The van der Waals surface area contributed by atoms with Crippen LogP contribution >= 0.6 is 11.8 Å². The number of aromatic nitrogens is 3. The predicted molar refractivity (Wildman–Crippen MR) is 118 cm³/mol. The molecular weight excluding hydrogens is 396 g/mol. The Balaban J connectivity index is 1.50. The quantitative estimate of drug-likeness (QED) is 0.431. The summed E-state index contributed by atoms with van der Waals surface area (Å²) in [5.74, 6) is 1.41. The Labute approximate surface area is 181 Å². The van der Waals surface area contributed by atoms with E-state index in [1.165, 1.54) is 37.4 Å². The first-order valence-electron chi connectivity index (χ1n) is 10.7. The fraction of sp³-hybridized carbons (Fsp3) is 0.435. The molecule has 2 heterocycles. The number of hydrogen-bond acceptors (Lipinski definition) is 5. The number of thioether (sulfide) groups is 1. The molecule has 4 rings (SSSR count). The third kappa shape index (κ3) is 5.14. The van der Waals surface area contributed by atoms with Gasteiger partial charge < -0.3 is 9.73 Å². The lowest BCUT2D eigenvalue weighted by atomic mass is 10.1. The van der Waals surface area contributed by atoms with Crippen molar-refractivity contribution < 1.29 is 9.21 Å². The van der Waals surface area contributed by atoms with Crippen LogP contribution in [0.4, 0.5) is 0 Å². The van der Waals surface area contributed by atoms with Crippen LogP contribution in [-0.4, -0.2) is 32.0 Å². The minimum atomic E-state index is -0.253. The maximum absolute atomic E-state index is 12.8. The van der Waals surface area contributed by atoms with Crippen LogP contribution in [0.5, 0.6) is 0 Å². The molecule has 0 saturated heterocycles. The molecular formula is C23H28N4O2S. The van der Waals surface area contributed by atoms with Crippen molar-refractivity contribution in [1.82, 2.24) is 20.1 Å². The first kappa shape index (κ1) is 20.7. The Morgan fingerprint density at radius 2 is 1.90 bits per heavy atom. The van der Waals surface area contributed by atoms with E-state index < -0.39 is 0 Å². The Hall–Kier alpha value is -2.54. The minimum Gasteiger partial charge on any atom is -0.461 e. The third-order valence-electron chi connectivity index (χ3n) is 5.49. The molecule has 0 bridgehead atoms. The van der Waals surface area contributed by atoms with Crippen LogP contribution in [0.2, 0.25) is 0 Å².